The number of nitrogens with zero attached hydrogens (tertiary/aromatic N) is 2. The highest BCUT2D eigenvalue weighted by Crippen LogP contribution is 2.30. The Balaban J connectivity index is 1.39. The van der Waals surface area contributed by atoms with E-state index >= 15 is 0 Å². The number of imidazole rings is 1. The Labute approximate surface area is 177 Å². The van der Waals surface area contributed by atoms with Gasteiger partial charge in [0.15, 0.2) is 11.3 Å². The molecule has 0 saturated carbocycles. The summed E-state index contributed by atoms with van der Waals surface area (Å²) < 4.78 is 7.81. The molecule has 1 aliphatic rings. The number of fused-ring (bicyclic) bond motifs is 1. The number of hydrogen-bond acceptors (Lipinski definition) is 4. The van der Waals surface area contributed by atoms with Crippen molar-refractivity contribution in [3.05, 3.63) is 58.7 Å². The summed E-state index contributed by atoms with van der Waals surface area (Å²) in [5.41, 5.74) is 2.64. The predicted molar refractivity (Wildman–Crippen MR) is 114 cm³/mol. The number of amides is 1. The summed E-state index contributed by atoms with van der Waals surface area (Å²) in [4.78, 5) is 17.1. The fourth-order valence-electron chi connectivity index (χ4n) is 2.83. The number of anilines is 1. The largest absolute Gasteiger partial charge is 0.479 e. The smallest absolute Gasteiger partial charge is 0.265 e. The van der Waals surface area contributed by atoms with Crippen LogP contribution < -0.4 is 10.1 Å². The van der Waals surface area contributed by atoms with Gasteiger partial charge in [-0.1, -0.05) is 47.1 Å². The molecule has 1 N–H and O–H groups in total. The predicted octanol–water partition coefficient (Wildman–Crippen LogP) is 5.37. The monoisotopic (exact) mass is 433 g/mol. The van der Waals surface area contributed by atoms with Crippen LogP contribution >= 0.6 is 35.0 Å². The summed E-state index contributed by atoms with van der Waals surface area (Å²) >= 11 is 13.7. The number of benzene rings is 2. The van der Waals surface area contributed by atoms with Gasteiger partial charge in [-0.25, -0.2) is 4.98 Å². The van der Waals surface area contributed by atoms with E-state index in [9.17, 15) is 4.79 Å². The van der Waals surface area contributed by atoms with Crippen LogP contribution in [0.4, 0.5) is 5.69 Å². The fraction of sp³-hybridized carbons (Fsp3) is 0.200. The molecule has 0 saturated heterocycles. The topological polar surface area (TPSA) is 56.1 Å². The van der Waals surface area contributed by atoms with Gasteiger partial charge < -0.3 is 14.6 Å². The van der Waals surface area contributed by atoms with Gasteiger partial charge in [-0.05, 0) is 37.3 Å². The third-order valence-electron chi connectivity index (χ3n) is 4.32. The van der Waals surface area contributed by atoms with Crippen LogP contribution in [0, 0.1) is 0 Å². The number of carbonyl (C=O) groups excluding carboxylic acids is 1. The first kappa shape index (κ1) is 19.2. The van der Waals surface area contributed by atoms with Crippen LogP contribution in [0.2, 0.25) is 10.0 Å². The molecule has 0 aliphatic carbocycles. The number of carbonyl (C=O) groups is 1. The Morgan fingerprint density at radius 3 is 2.75 bits per heavy atom. The van der Waals surface area contributed by atoms with Crippen LogP contribution in [-0.4, -0.2) is 27.3 Å². The summed E-state index contributed by atoms with van der Waals surface area (Å²) in [6.45, 7) is 2.66. The number of ether oxygens (including phenoxy) is 1. The molecule has 1 atom stereocenters. The standard InChI is InChI=1S/C20H17Cl2N3O2S/c1-12(27-18-7-4-14(21)10-16(18)22)19(26)23-15-5-2-13(3-6-15)17-11-25-8-9-28-20(25)24-17/h2-7,10-12H,8-9H2,1H3,(H,23,26). The van der Waals surface area contributed by atoms with E-state index in [1.807, 2.05) is 24.3 Å². The highest BCUT2D eigenvalue weighted by atomic mass is 35.5. The molecule has 4 rings (SSSR count). The number of thioether (sulfide) groups is 1. The first-order valence-electron chi connectivity index (χ1n) is 8.72. The van der Waals surface area contributed by atoms with Crippen molar-refractivity contribution in [1.82, 2.24) is 9.55 Å². The quantitative estimate of drug-likeness (QED) is 0.587. The van der Waals surface area contributed by atoms with Crippen molar-refractivity contribution in [1.29, 1.82) is 0 Å². The van der Waals surface area contributed by atoms with Crippen molar-refractivity contribution in [2.75, 3.05) is 11.1 Å². The first-order chi connectivity index (χ1) is 13.5. The van der Waals surface area contributed by atoms with Crippen LogP contribution in [0.25, 0.3) is 11.3 Å². The summed E-state index contributed by atoms with van der Waals surface area (Å²) in [5, 5.41) is 4.78. The lowest BCUT2D eigenvalue weighted by atomic mass is 10.1. The maximum absolute atomic E-state index is 12.4. The number of aromatic nitrogens is 2. The molecule has 28 heavy (non-hydrogen) atoms. The number of nitrogens with one attached hydrogen (secondary N) is 1. The zero-order valence-electron chi connectivity index (χ0n) is 15.0. The van der Waals surface area contributed by atoms with Crippen LogP contribution in [0.15, 0.2) is 53.8 Å². The molecule has 144 valence electrons. The Bertz CT molecular complexity index is 999. The van der Waals surface area contributed by atoms with Crippen LogP contribution in [0.5, 0.6) is 5.75 Å². The van der Waals surface area contributed by atoms with Gasteiger partial charge in [0, 0.05) is 34.8 Å². The maximum Gasteiger partial charge on any atom is 0.265 e. The van der Waals surface area contributed by atoms with Gasteiger partial charge in [0.1, 0.15) is 5.75 Å². The van der Waals surface area contributed by atoms with E-state index < -0.39 is 6.10 Å². The summed E-state index contributed by atoms with van der Waals surface area (Å²) in [6.07, 6.45) is 1.35. The highest BCUT2D eigenvalue weighted by Gasteiger charge is 2.18. The minimum absolute atomic E-state index is 0.267. The van der Waals surface area contributed by atoms with Crippen molar-refractivity contribution < 1.29 is 9.53 Å². The molecule has 1 aliphatic heterocycles. The van der Waals surface area contributed by atoms with Crippen molar-refractivity contribution in [2.45, 2.75) is 24.7 Å². The molecular weight excluding hydrogens is 417 g/mol. The second kappa shape index (κ2) is 8.07. The molecule has 1 unspecified atom stereocenters. The molecular formula is C20H17Cl2N3O2S. The molecule has 1 amide bonds. The number of rotatable bonds is 5. The van der Waals surface area contributed by atoms with E-state index in [0.29, 0.717) is 21.5 Å². The molecule has 0 bridgehead atoms. The molecule has 2 heterocycles. The molecule has 8 heteroatoms. The average molecular weight is 434 g/mol. The summed E-state index contributed by atoms with van der Waals surface area (Å²) in [6, 6.07) is 12.5. The SMILES string of the molecule is CC(Oc1ccc(Cl)cc1Cl)C(=O)Nc1ccc(-c2cn3c(n2)SCC3)cc1. The highest BCUT2D eigenvalue weighted by molar-refractivity contribution is 7.99. The lowest BCUT2D eigenvalue weighted by Crippen LogP contribution is -2.30. The molecule has 0 spiro atoms. The average Bonchev–Trinajstić information content (AvgIpc) is 3.26. The van der Waals surface area contributed by atoms with Gasteiger partial charge in [-0.3, -0.25) is 4.79 Å². The van der Waals surface area contributed by atoms with Crippen molar-refractivity contribution in [2.24, 2.45) is 0 Å². The Morgan fingerprint density at radius 1 is 1.25 bits per heavy atom. The molecule has 1 aromatic heterocycles. The third-order valence-corrected chi connectivity index (χ3v) is 5.82. The Hall–Kier alpha value is -2.15. The number of halogens is 2. The number of aryl methyl sites for hydroxylation is 1. The maximum atomic E-state index is 12.4. The summed E-state index contributed by atoms with van der Waals surface area (Å²) in [7, 11) is 0. The van der Waals surface area contributed by atoms with Crippen molar-refractivity contribution >= 4 is 46.6 Å². The van der Waals surface area contributed by atoms with E-state index in [2.05, 4.69) is 21.1 Å². The minimum Gasteiger partial charge on any atom is -0.479 e. The molecule has 0 radical (unpaired) electrons. The molecule has 0 fully saturated rings. The van der Waals surface area contributed by atoms with Gasteiger partial charge in [0.25, 0.3) is 5.91 Å². The first-order valence-corrected chi connectivity index (χ1v) is 10.5. The van der Waals surface area contributed by atoms with Crippen molar-refractivity contribution in [3.63, 3.8) is 0 Å². The van der Waals surface area contributed by atoms with E-state index in [4.69, 9.17) is 27.9 Å². The van der Waals surface area contributed by atoms with E-state index in [1.54, 1.807) is 36.9 Å². The molecule has 5 nitrogen and oxygen atoms in total. The summed E-state index contributed by atoms with van der Waals surface area (Å²) in [5.74, 6) is 1.22. The van der Waals surface area contributed by atoms with Crippen LogP contribution in [0.1, 0.15) is 6.92 Å². The Kier molecular flexibility index (Phi) is 5.53. The lowest BCUT2D eigenvalue weighted by molar-refractivity contribution is -0.122. The zero-order valence-corrected chi connectivity index (χ0v) is 17.3. The van der Waals surface area contributed by atoms with E-state index in [0.717, 1.165) is 28.7 Å². The molecule has 3 aromatic rings. The van der Waals surface area contributed by atoms with Gasteiger partial charge in [0.2, 0.25) is 0 Å². The minimum atomic E-state index is -0.716. The second-order valence-corrected chi connectivity index (χ2v) is 8.26. The van der Waals surface area contributed by atoms with Gasteiger partial charge in [-0.15, -0.1) is 0 Å². The fourth-order valence-corrected chi connectivity index (χ4v) is 4.23. The van der Waals surface area contributed by atoms with E-state index in [-0.39, 0.29) is 5.91 Å². The van der Waals surface area contributed by atoms with Gasteiger partial charge in [-0.2, -0.15) is 0 Å². The third kappa shape index (κ3) is 4.14. The second-order valence-electron chi connectivity index (χ2n) is 6.35. The Morgan fingerprint density at radius 2 is 2.04 bits per heavy atom. The van der Waals surface area contributed by atoms with Crippen LogP contribution in [-0.2, 0) is 11.3 Å². The van der Waals surface area contributed by atoms with Gasteiger partial charge in [0.05, 0.1) is 10.7 Å². The van der Waals surface area contributed by atoms with Crippen molar-refractivity contribution in [3.8, 4) is 17.0 Å². The van der Waals surface area contributed by atoms with E-state index in [1.165, 1.54) is 0 Å². The zero-order chi connectivity index (χ0) is 19.7. The lowest BCUT2D eigenvalue weighted by Gasteiger charge is -2.16. The van der Waals surface area contributed by atoms with Crippen LogP contribution in [0.3, 0.4) is 0 Å². The van der Waals surface area contributed by atoms with Gasteiger partial charge >= 0.3 is 0 Å². The normalized spacial score (nSPS) is 13.8. The number of hydrogen-bond donors (Lipinski definition) is 1. The molecule has 2 aromatic carbocycles.